The van der Waals surface area contributed by atoms with Crippen LogP contribution in [-0.2, 0) is 11.3 Å². The van der Waals surface area contributed by atoms with Crippen LogP contribution in [0.15, 0.2) is 60.7 Å². The number of amides is 1. The van der Waals surface area contributed by atoms with E-state index in [9.17, 15) is 4.79 Å². The van der Waals surface area contributed by atoms with Gasteiger partial charge in [0.1, 0.15) is 0 Å². The summed E-state index contributed by atoms with van der Waals surface area (Å²) in [5.41, 5.74) is 1.96. The summed E-state index contributed by atoms with van der Waals surface area (Å²) in [6.45, 7) is 2.74. The van der Waals surface area contributed by atoms with Gasteiger partial charge >= 0.3 is 0 Å². The highest BCUT2D eigenvalue weighted by Crippen LogP contribution is 2.28. The molecule has 0 aromatic heterocycles. The highest BCUT2D eigenvalue weighted by molar-refractivity contribution is 6.36. The molecule has 0 radical (unpaired) electrons. The number of rotatable bonds is 4. The minimum atomic E-state index is 0.00973. The van der Waals surface area contributed by atoms with Gasteiger partial charge in [0.2, 0.25) is 5.91 Å². The Bertz CT molecular complexity index is 992. The molecule has 3 nitrogen and oxygen atoms in total. The maximum atomic E-state index is 12.6. The summed E-state index contributed by atoms with van der Waals surface area (Å²) in [6.07, 6.45) is 1.70. The largest absolute Gasteiger partial charge is 0.325 e. The maximum Gasteiger partial charge on any atom is 0.227 e. The molecule has 1 heterocycles. The SMILES string of the molecule is O=C(Nc1ccc(Cl)cc1Cl)C1CCN(Cc2cccc3ccccc23)CC1. The van der Waals surface area contributed by atoms with Crippen LogP contribution < -0.4 is 5.32 Å². The van der Waals surface area contributed by atoms with Crippen LogP contribution in [0.2, 0.25) is 10.0 Å². The number of likely N-dealkylation sites (tertiary alicyclic amines) is 1. The number of hydrogen-bond donors (Lipinski definition) is 1. The summed E-state index contributed by atoms with van der Waals surface area (Å²) in [7, 11) is 0. The molecule has 0 bridgehead atoms. The molecule has 3 aromatic rings. The Morgan fingerprint density at radius 1 is 1.00 bits per heavy atom. The van der Waals surface area contributed by atoms with Crippen LogP contribution in [0.3, 0.4) is 0 Å². The molecule has 5 heteroatoms. The first-order chi connectivity index (χ1) is 13.6. The molecule has 0 aliphatic carbocycles. The first-order valence-electron chi connectivity index (χ1n) is 9.55. The summed E-state index contributed by atoms with van der Waals surface area (Å²) >= 11 is 12.1. The standard InChI is InChI=1S/C23H22Cl2N2O/c24-19-8-9-22(21(25)14-19)26-23(28)17-10-12-27(13-11-17)15-18-6-3-5-16-4-1-2-7-20(16)18/h1-9,14,17H,10-13,15H2,(H,26,28). The summed E-state index contributed by atoms with van der Waals surface area (Å²) in [6, 6.07) is 20.1. The molecule has 0 unspecified atom stereocenters. The number of carbonyl (C=O) groups is 1. The van der Waals surface area contributed by atoms with Gasteiger partial charge in [-0.15, -0.1) is 0 Å². The lowest BCUT2D eigenvalue weighted by Gasteiger charge is -2.31. The minimum absolute atomic E-state index is 0.00973. The van der Waals surface area contributed by atoms with Crippen molar-refractivity contribution in [2.24, 2.45) is 5.92 Å². The summed E-state index contributed by atoms with van der Waals surface area (Å²) < 4.78 is 0. The fourth-order valence-corrected chi connectivity index (χ4v) is 4.31. The van der Waals surface area contributed by atoms with Gasteiger partial charge in [-0.1, -0.05) is 65.7 Å². The van der Waals surface area contributed by atoms with Crippen molar-refractivity contribution in [3.05, 3.63) is 76.3 Å². The molecule has 1 amide bonds. The maximum absolute atomic E-state index is 12.6. The van der Waals surface area contributed by atoms with Gasteiger partial charge in [-0.2, -0.15) is 0 Å². The van der Waals surface area contributed by atoms with Gasteiger partial charge in [-0.25, -0.2) is 0 Å². The van der Waals surface area contributed by atoms with Crippen LogP contribution >= 0.6 is 23.2 Å². The van der Waals surface area contributed by atoms with Gasteiger partial charge in [-0.3, -0.25) is 9.69 Å². The molecule has 28 heavy (non-hydrogen) atoms. The van der Waals surface area contributed by atoms with E-state index in [1.165, 1.54) is 16.3 Å². The van der Waals surface area contributed by atoms with Crippen LogP contribution in [-0.4, -0.2) is 23.9 Å². The van der Waals surface area contributed by atoms with Crippen molar-refractivity contribution in [1.82, 2.24) is 4.90 Å². The van der Waals surface area contributed by atoms with Gasteiger partial charge in [0, 0.05) is 17.5 Å². The molecule has 1 N–H and O–H groups in total. The molecule has 0 atom stereocenters. The van der Waals surface area contributed by atoms with Crippen LogP contribution in [0, 0.1) is 5.92 Å². The number of halogens is 2. The monoisotopic (exact) mass is 412 g/mol. The van der Waals surface area contributed by atoms with E-state index in [0.29, 0.717) is 15.7 Å². The molecular weight excluding hydrogens is 391 g/mol. The second-order valence-electron chi connectivity index (χ2n) is 7.30. The van der Waals surface area contributed by atoms with Crippen molar-refractivity contribution in [1.29, 1.82) is 0 Å². The highest BCUT2D eigenvalue weighted by Gasteiger charge is 2.25. The Kier molecular flexibility index (Phi) is 5.86. The fourth-order valence-electron chi connectivity index (χ4n) is 3.85. The third-order valence-electron chi connectivity index (χ3n) is 5.42. The van der Waals surface area contributed by atoms with E-state index in [2.05, 4.69) is 52.7 Å². The van der Waals surface area contributed by atoms with E-state index in [-0.39, 0.29) is 11.8 Å². The molecule has 0 spiro atoms. The van der Waals surface area contributed by atoms with E-state index in [1.807, 2.05) is 0 Å². The zero-order chi connectivity index (χ0) is 19.5. The third kappa shape index (κ3) is 4.33. The topological polar surface area (TPSA) is 32.3 Å². The van der Waals surface area contributed by atoms with Crippen molar-refractivity contribution < 1.29 is 4.79 Å². The predicted octanol–water partition coefficient (Wildman–Crippen LogP) is 6.00. The fraction of sp³-hybridized carbons (Fsp3) is 0.261. The first kappa shape index (κ1) is 19.3. The van der Waals surface area contributed by atoms with Crippen LogP contribution in [0.25, 0.3) is 10.8 Å². The molecule has 4 rings (SSSR count). The highest BCUT2D eigenvalue weighted by atomic mass is 35.5. The van der Waals surface area contributed by atoms with E-state index in [4.69, 9.17) is 23.2 Å². The van der Waals surface area contributed by atoms with Crippen LogP contribution in [0.5, 0.6) is 0 Å². The second kappa shape index (κ2) is 8.52. The Labute approximate surface area is 175 Å². The number of nitrogens with one attached hydrogen (secondary N) is 1. The van der Waals surface area contributed by atoms with Crippen LogP contribution in [0.1, 0.15) is 18.4 Å². The quantitative estimate of drug-likeness (QED) is 0.569. The normalized spacial score (nSPS) is 15.6. The van der Waals surface area contributed by atoms with Gasteiger partial charge in [0.05, 0.1) is 10.7 Å². The van der Waals surface area contributed by atoms with Gasteiger partial charge in [0.25, 0.3) is 0 Å². The number of piperidine rings is 1. The van der Waals surface area contributed by atoms with E-state index in [1.54, 1.807) is 18.2 Å². The smallest absolute Gasteiger partial charge is 0.227 e. The van der Waals surface area contributed by atoms with Crippen molar-refractivity contribution >= 4 is 45.6 Å². The van der Waals surface area contributed by atoms with Gasteiger partial charge in [0.15, 0.2) is 0 Å². The molecule has 3 aromatic carbocycles. The van der Waals surface area contributed by atoms with Crippen LogP contribution in [0.4, 0.5) is 5.69 Å². The van der Waals surface area contributed by atoms with Crippen molar-refractivity contribution in [2.75, 3.05) is 18.4 Å². The van der Waals surface area contributed by atoms with Gasteiger partial charge < -0.3 is 5.32 Å². The number of anilines is 1. The van der Waals surface area contributed by atoms with E-state index >= 15 is 0 Å². The zero-order valence-electron chi connectivity index (χ0n) is 15.5. The number of fused-ring (bicyclic) bond motifs is 1. The molecule has 1 aliphatic rings. The van der Waals surface area contributed by atoms with E-state index < -0.39 is 0 Å². The second-order valence-corrected chi connectivity index (χ2v) is 8.15. The lowest BCUT2D eigenvalue weighted by atomic mass is 9.95. The molecule has 1 saturated heterocycles. The number of nitrogens with zero attached hydrogens (tertiary/aromatic N) is 1. The lowest BCUT2D eigenvalue weighted by molar-refractivity contribution is -0.121. The predicted molar refractivity (Wildman–Crippen MR) is 117 cm³/mol. The van der Waals surface area contributed by atoms with E-state index in [0.717, 1.165) is 32.5 Å². The van der Waals surface area contributed by atoms with Crippen molar-refractivity contribution in [3.63, 3.8) is 0 Å². The number of hydrogen-bond acceptors (Lipinski definition) is 2. The molecule has 0 saturated carbocycles. The number of benzene rings is 3. The number of carbonyl (C=O) groups excluding carboxylic acids is 1. The Morgan fingerprint density at radius 2 is 1.75 bits per heavy atom. The lowest BCUT2D eigenvalue weighted by Crippen LogP contribution is -2.37. The average Bonchev–Trinajstić information content (AvgIpc) is 2.71. The Morgan fingerprint density at radius 3 is 2.54 bits per heavy atom. The summed E-state index contributed by atoms with van der Waals surface area (Å²) in [5, 5.41) is 6.55. The zero-order valence-corrected chi connectivity index (χ0v) is 17.0. The molecular formula is C23H22Cl2N2O. The summed E-state index contributed by atoms with van der Waals surface area (Å²) in [4.78, 5) is 15.1. The van der Waals surface area contributed by atoms with Gasteiger partial charge in [-0.05, 0) is 60.5 Å². The average molecular weight is 413 g/mol. The Hall–Kier alpha value is -2.07. The summed E-state index contributed by atoms with van der Waals surface area (Å²) in [5.74, 6) is 0.0459. The Balaban J connectivity index is 1.36. The molecule has 1 fully saturated rings. The molecule has 1 aliphatic heterocycles. The van der Waals surface area contributed by atoms with Crippen molar-refractivity contribution in [2.45, 2.75) is 19.4 Å². The molecule has 144 valence electrons. The minimum Gasteiger partial charge on any atom is -0.325 e. The third-order valence-corrected chi connectivity index (χ3v) is 5.97. The first-order valence-corrected chi connectivity index (χ1v) is 10.3. The van der Waals surface area contributed by atoms with Crippen molar-refractivity contribution in [3.8, 4) is 0 Å².